The van der Waals surface area contributed by atoms with Gasteiger partial charge >= 0.3 is 0 Å². The molecule has 1 saturated carbocycles. The fourth-order valence-electron chi connectivity index (χ4n) is 1.57. The van der Waals surface area contributed by atoms with Crippen molar-refractivity contribution >= 4 is 28.1 Å². The number of nitrogens with zero attached hydrogens (tertiary/aromatic N) is 1. The summed E-state index contributed by atoms with van der Waals surface area (Å²) in [6, 6.07) is 0.538. The lowest BCUT2D eigenvalue weighted by Crippen LogP contribution is -2.30. The highest BCUT2D eigenvalue weighted by molar-refractivity contribution is 7.19. The summed E-state index contributed by atoms with van der Waals surface area (Å²) in [5.74, 6) is 0.836. The van der Waals surface area contributed by atoms with Gasteiger partial charge in [0.1, 0.15) is 4.34 Å². The van der Waals surface area contributed by atoms with Crippen LogP contribution in [0.15, 0.2) is 6.20 Å². The minimum Gasteiger partial charge on any atom is -0.359 e. The van der Waals surface area contributed by atoms with Gasteiger partial charge in [-0.2, -0.15) is 0 Å². The molecule has 72 valence electrons. The standard InChI is InChI=1S/C9H13ClN2S/c1-6(7-3-2-4-7)12-9-11-5-8(10)13-9/h5-7H,2-4H2,1H3,(H,11,12). The van der Waals surface area contributed by atoms with Crippen LogP contribution in [-0.2, 0) is 0 Å². The molecule has 1 aliphatic rings. The maximum atomic E-state index is 5.79. The molecule has 0 bridgehead atoms. The Balaban J connectivity index is 1.89. The molecule has 2 rings (SSSR count). The van der Waals surface area contributed by atoms with Crippen molar-refractivity contribution in [1.82, 2.24) is 4.98 Å². The van der Waals surface area contributed by atoms with E-state index in [2.05, 4.69) is 17.2 Å². The number of anilines is 1. The van der Waals surface area contributed by atoms with Gasteiger partial charge in [-0.15, -0.1) is 0 Å². The summed E-state index contributed by atoms with van der Waals surface area (Å²) in [6.45, 7) is 2.22. The second-order valence-corrected chi connectivity index (χ2v) is 5.26. The van der Waals surface area contributed by atoms with Gasteiger partial charge in [0.25, 0.3) is 0 Å². The first-order valence-corrected chi connectivity index (χ1v) is 5.83. The van der Waals surface area contributed by atoms with Crippen LogP contribution in [0.4, 0.5) is 5.13 Å². The van der Waals surface area contributed by atoms with Gasteiger partial charge in [-0.3, -0.25) is 0 Å². The zero-order chi connectivity index (χ0) is 9.26. The summed E-state index contributed by atoms with van der Waals surface area (Å²) in [7, 11) is 0. The van der Waals surface area contributed by atoms with E-state index in [0.29, 0.717) is 6.04 Å². The molecule has 0 amide bonds. The Labute approximate surface area is 87.3 Å². The highest BCUT2D eigenvalue weighted by atomic mass is 35.5. The number of hydrogen-bond donors (Lipinski definition) is 1. The number of thiazole rings is 1. The van der Waals surface area contributed by atoms with Crippen molar-refractivity contribution in [3.8, 4) is 0 Å². The average Bonchev–Trinajstić information content (AvgIpc) is 2.31. The fourth-order valence-corrected chi connectivity index (χ4v) is 2.48. The first-order chi connectivity index (χ1) is 6.25. The normalized spacial score (nSPS) is 19.5. The van der Waals surface area contributed by atoms with E-state index < -0.39 is 0 Å². The molecule has 0 spiro atoms. The molecule has 1 N–H and O–H groups in total. The summed E-state index contributed by atoms with van der Waals surface area (Å²) in [4.78, 5) is 4.17. The monoisotopic (exact) mass is 216 g/mol. The summed E-state index contributed by atoms with van der Waals surface area (Å²) < 4.78 is 0.753. The third-order valence-electron chi connectivity index (χ3n) is 2.69. The Morgan fingerprint density at radius 1 is 1.69 bits per heavy atom. The van der Waals surface area contributed by atoms with Crippen molar-refractivity contribution in [1.29, 1.82) is 0 Å². The van der Waals surface area contributed by atoms with Crippen molar-refractivity contribution in [3.63, 3.8) is 0 Å². The van der Waals surface area contributed by atoms with E-state index in [-0.39, 0.29) is 0 Å². The summed E-state index contributed by atoms with van der Waals surface area (Å²) in [5.41, 5.74) is 0. The highest BCUT2D eigenvalue weighted by Crippen LogP contribution is 2.32. The molecule has 13 heavy (non-hydrogen) atoms. The van der Waals surface area contributed by atoms with E-state index in [1.54, 1.807) is 6.20 Å². The average molecular weight is 217 g/mol. The molecular formula is C9H13ClN2S. The molecular weight excluding hydrogens is 204 g/mol. The maximum Gasteiger partial charge on any atom is 0.184 e. The molecule has 1 atom stereocenters. The third-order valence-corrected chi connectivity index (χ3v) is 3.73. The van der Waals surface area contributed by atoms with Crippen LogP contribution in [0.1, 0.15) is 26.2 Å². The third kappa shape index (κ3) is 2.15. The molecule has 1 heterocycles. The van der Waals surface area contributed by atoms with Gasteiger partial charge in [-0.05, 0) is 25.7 Å². The van der Waals surface area contributed by atoms with Crippen molar-refractivity contribution in [2.45, 2.75) is 32.2 Å². The van der Waals surface area contributed by atoms with Crippen LogP contribution in [0.25, 0.3) is 0 Å². The number of aromatic nitrogens is 1. The molecule has 4 heteroatoms. The molecule has 1 aromatic rings. The van der Waals surface area contributed by atoms with Gasteiger partial charge in [0.05, 0.1) is 6.20 Å². The van der Waals surface area contributed by atoms with E-state index in [4.69, 9.17) is 11.6 Å². The second kappa shape index (κ2) is 3.84. The van der Waals surface area contributed by atoms with Crippen molar-refractivity contribution in [2.75, 3.05) is 5.32 Å². The maximum absolute atomic E-state index is 5.79. The molecule has 0 saturated heterocycles. The molecule has 0 radical (unpaired) electrons. The Bertz CT molecular complexity index is 283. The number of halogens is 1. The summed E-state index contributed by atoms with van der Waals surface area (Å²) in [5, 5.41) is 4.34. The lowest BCUT2D eigenvalue weighted by atomic mass is 9.80. The molecule has 0 aromatic carbocycles. The zero-order valence-electron chi connectivity index (χ0n) is 7.59. The molecule has 1 fully saturated rings. The largest absolute Gasteiger partial charge is 0.359 e. The molecule has 1 aromatic heterocycles. The molecule has 1 unspecified atom stereocenters. The van der Waals surface area contributed by atoms with Crippen LogP contribution in [0.3, 0.4) is 0 Å². The molecule has 2 nitrogen and oxygen atoms in total. The van der Waals surface area contributed by atoms with Crippen molar-refractivity contribution < 1.29 is 0 Å². The Morgan fingerprint density at radius 2 is 2.46 bits per heavy atom. The van der Waals surface area contributed by atoms with Crippen LogP contribution in [0.2, 0.25) is 4.34 Å². The van der Waals surface area contributed by atoms with Gasteiger partial charge in [0, 0.05) is 6.04 Å². The first kappa shape index (κ1) is 9.28. The van der Waals surface area contributed by atoms with Gasteiger partial charge in [0.2, 0.25) is 0 Å². The first-order valence-electron chi connectivity index (χ1n) is 4.63. The van der Waals surface area contributed by atoms with Crippen LogP contribution >= 0.6 is 22.9 Å². The van der Waals surface area contributed by atoms with Crippen LogP contribution < -0.4 is 5.32 Å². The zero-order valence-corrected chi connectivity index (χ0v) is 9.16. The minimum absolute atomic E-state index is 0.538. The highest BCUT2D eigenvalue weighted by Gasteiger charge is 2.24. The minimum atomic E-state index is 0.538. The fraction of sp³-hybridized carbons (Fsp3) is 0.667. The smallest absolute Gasteiger partial charge is 0.184 e. The molecule has 1 aliphatic carbocycles. The van der Waals surface area contributed by atoms with E-state index in [9.17, 15) is 0 Å². The molecule has 0 aliphatic heterocycles. The lowest BCUT2D eigenvalue weighted by Gasteiger charge is -2.31. The van der Waals surface area contributed by atoms with Gasteiger partial charge < -0.3 is 5.32 Å². The summed E-state index contributed by atoms with van der Waals surface area (Å²) >= 11 is 7.30. The Morgan fingerprint density at radius 3 is 2.92 bits per heavy atom. The van der Waals surface area contributed by atoms with Gasteiger partial charge in [0.15, 0.2) is 5.13 Å². The number of rotatable bonds is 3. The van der Waals surface area contributed by atoms with Crippen LogP contribution in [0.5, 0.6) is 0 Å². The van der Waals surface area contributed by atoms with E-state index >= 15 is 0 Å². The van der Waals surface area contributed by atoms with E-state index in [1.165, 1.54) is 30.6 Å². The second-order valence-electron chi connectivity index (χ2n) is 3.59. The lowest BCUT2D eigenvalue weighted by molar-refractivity contribution is 0.285. The van der Waals surface area contributed by atoms with Crippen LogP contribution in [-0.4, -0.2) is 11.0 Å². The van der Waals surface area contributed by atoms with Gasteiger partial charge in [-0.25, -0.2) is 4.98 Å². The quantitative estimate of drug-likeness (QED) is 0.838. The number of hydrogen-bond acceptors (Lipinski definition) is 3. The number of nitrogens with one attached hydrogen (secondary N) is 1. The van der Waals surface area contributed by atoms with Gasteiger partial charge in [-0.1, -0.05) is 29.4 Å². The predicted molar refractivity (Wildman–Crippen MR) is 57.5 cm³/mol. The van der Waals surface area contributed by atoms with E-state index in [0.717, 1.165) is 15.4 Å². The Hall–Kier alpha value is -0.280. The topological polar surface area (TPSA) is 24.9 Å². The SMILES string of the molecule is CC(Nc1ncc(Cl)s1)C1CCC1. The van der Waals surface area contributed by atoms with E-state index in [1.807, 2.05) is 0 Å². The predicted octanol–water partition coefficient (Wildman–Crippen LogP) is 3.40. The van der Waals surface area contributed by atoms with Crippen molar-refractivity contribution in [3.05, 3.63) is 10.5 Å². The Kier molecular flexibility index (Phi) is 2.74. The van der Waals surface area contributed by atoms with Crippen molar-refractivity contribution in [2.24, 2.45) is 5.92 Å². The summed E-state index contributed by atoms with van der Waals surface area (Å²) in [6.07, 6.45) is 5.79. The van der Waals surface area contributed by atoms with Crippen LogP contribution in [0, 0.1) is 5.92 Å².